The van der Waals surface area contributed by atoms with E-state index in [-0.39, 0.29) is 23.6 Å². The van der Waals surface area contributed by atoms with Crippen molar-refractivity contribution in [3.63, 3.8) is 0 Å². The Morgan fingerprint density at radius 1 is 1.09 bits per heavy atom. The molecule has 0 fully saturated rings. The van der Waals surface area contributed by atoms with Gasteiger partial charge in [0.25, 0.3) is 5.91 Å². The molecule has 1 N–H and O–H groups in total. The van der Waals surface area contributed by atoms with Crippen LogP contribution in [0.25, 0.3) is 0 Å². The van der Waals surface area contributed by atoms with Gasteiger partial charge in [0.05, 0.1) is 6.04 Å². The van der Waals surface area contributed by atoms with Crippen molar-refractivity contribution in [2.24, 2.45) is 0 Å². The first-order chi connectivity index (χ1) is 16.3. The van der Waals surface area contributed by atoms with E-state index in [9.17, 15) is 31.1 Å². The molecule has 0 aliphatic carbocycles. The molecule has 2 atom stereocenters. The summed E-state index contributed by atoms with van der Waals surface area (Å²) in [6, 6.07) is 9.35. The van der Waals surface area contributed by atoms with Crippen LogP contribution in [-0.4, -0.2) is 35.3 Å². The molecule has 6 nitrogen and oxygen atoms in total. The van der Waals surface area contributed by atoms with Crippen molar-refractivity contribution in [2.45, 2.75) is 31.0 Å². The highest BCUT2D eigenvalue weighted by Crippen LogP contribution is 2.44. The van der Waals surface area contributed by atoms with Crippen LogP contribution < -0.4 is 15.0 Å². The van der Waals surface area contributed by atoms with Crippen LogP contribution in [0.1, 0.15) is 34.6 Å². The molecule has 35 heavy (non-hydrogen) atoms. The van der Waals surface area contributed by atoms with Crippen LogP contribution in [0.15, 0.2) is 54.6 Å². The number of fused-ring (bicyclic) bond motifs is 1. The van der Waals surface area contributed by atoms with Crippen LogP contribution in [0.4, 0.5) is 37.8 Å². The summed E-state index contributed by atoms with van der Waals surface area (Å²) in [5, 5.41) is 7.32. The quantitative estimate of drug-likeness (QED) is 0.408. The lowest BCUT2D eigenvalue weighted by Crippen LogP contribution is -2.35. The van der Waals surface area contributed by atoms with Crippen LogP contribution in [0.5, 0.6) is 5.75 Å². The van der Waals surface area contributed by atoms with Gasteiger partial charge in [-0.15, -0.1) is 13.2 Å². The minimum atomic E-state index is -4.87. The second-order valence-electron chi connectivity index (χ2n) is 7.81. The van der Waals surface area contributed by atoms with Gasteiger partial charge in [0.1, 0.15) is 11.6 Å². The van der Waals surface area contributed by atoms with Gasteiger partial charge in [-0.1, -0.05) is 23.7 Å². The average molecular weight is 519 g/mol. The fourth-order valence-electron chi connectivity index (χ4n) is 3.75. The number of aromatic nitrogens is 2. The summed E-state index contributed by atoms with van der Waals surface area (Å²) in [6.07, 6.45) is -9.86. The molecule has 0 saturated carbocycles. The predicted octanol–water partition coefficient (Wildman–Crippen LogP) is 6.37. The summed E-state index contributed by atoms with van der Waals surface area (Å²) in [4.78, 5) is 14.0. The summed E-state index contributed by atoms with van der Waals surface area (Å²) < 4.78 is 83.1. The number of nitrogens with zero attached hydrogens (tertiary/aromatic N) is 3. The molecule has 1 aromatic heterocycles. The Hall–Kier alpha value is -3.41. The largest absolute Gasteiger partial charge is 0.573 e. The van der Waals surface area contributed by atoms with Gasteiger partial charge in [-0.05, 0) is 42.0 Å². The number of rotatable bonds is 4. The van der Waals surface area contributed by atoms with Crippen molar-refractivity contribution < 1.29 is 35.9 Å². The third-order valence-electron chi connectivity index (χ3n) is 5.44. The molecular formula is C22H17ClF6N4O2. The van der Waals surface area contributed by atoms with Crippen molar-refractivity contribution in [1.29, 1.82) is 0 Å². The maximum Gasteiger partial charge on any atom is 0.573 e. The molecule has 0 radical (unpaired) electrons. The Balaban J connectivity index is 1.59. The van der Waals surface area contributed by atoms with Gasteiger partial charge in [-0.3, -0.25) is 4.79 Å². The van der Waals surface area contributed by atoms with Crippen molar-refractivity contribution >= 4 is 29.0 Å². The number of hydrogen-bond donors (Lipinski definition) is 1. The monoisotopic (exact) mass is 518 g/mol. The lowest BCUT2D eigenvalue weighted by Gasteiger charge is -2.33. The van der Waals surface area contributed by atoms with E-state index >= 15 is 0 Å². The lowest BCUT2D eigenvalue weighted by atomic mass is 9.97. The second kappa shape index (κ2) is 8.99. The summed E-state index contributed by atoms with van der Waals surface area (Å²) in [6.45, 7) is 0. The van der Waals surface area contributed by atoms with Gasteiger partial charge in [0, 0.05) is 30.2 Å². The first-order valence-electron chi connectivity index (χ1n) is 10.1. The second-order valence-corrected chi connectivity index (χ2v) is 8.24. The molecule has 0 saturated heterocycles. The fourth-order valence-corrected chi connectivity index (χ4v) is 3.88. The summed E-state index contributed by atoms with van der Waals surface area (Å²) >= 11 is 5.87. The molecule has 0 spiro atoms. The van der Waals surface area contributed by atoms with Gasteiger partial charge >= 0.3 is 12.5 Å². The van der Waals surface area contributed by atoms with Gasteiger partial charge < -0.3 is 15.0 Å². The number of halogens is 7. The average Bonchev–Trinajstić information content (AvgIpc) is 3.21. The first-order valence-corrected chi connectivity index (χ1v) is 10.5. The molecule has 1 aliphatic heterocycles. The first kappa shape index (κ1) is 24.7. The summed E-state index contributed by atoms with van der Waals surface area (Å²) in [7, 11) is 1.32. The Morgan fingerprint density at radius 3 is 2.29 bits per heavy atom. The fraction of sp³-hybridized carbons (Fsp3) is 0.273. The SMILES string of the molecule is CN(C(=O)c1cc2n(n1)C(C(F)(F)F)CC(c1ccc(Cl)cc1)N2)c1ccc(OC(F)(F)F)cc1. The molecule has 3 aromatic rings. The van der Waals surface area contributed by atoms with E-state index in [1.807, 2.05) is 0 Å². The topological polar surface area (TPSA) is 59.4 Å². The summed E-state index contributed by atoms with van der Waals surface area (Å²) in [5.41, 5.74) is 0.508. The third-order valence-corrected chi connectivity index (χ3v) is 5.70. The zero-order valence-corrected chi connectivity index (χ0v) is 18.6. The van der Waals surface area contributed by atoms with E-state index in [1.165, 1.54) is 25.2 Å². The number of anilines is 2. The Bertz CT molecular complexity index is 1210. The van der Waals surface area contributed by atoms with E-state index in [1.54, 1.807) is 24.3 Å². The molecule has 186 valence electrons. The van der Waals surface area contributed by atoms with Gasteiger partial charge in [-0.25, -0.2) is 4.68 Å². The normalized spacial score (nSPS) is 17.9. The van der Waals surface area contributed by atoms with Crippen LogP contribution in [0, 0.1) is 0 Å². The molecule has 4 rings (SSSR count). The van der Waals surface area contributed by atoms with Crippen LogP contribution in [-0.2, 0) is 0 Å². The number of ether oxygens (including phenoxy) is 1. The van der Waals surface area contributed by atoms with Crippen molar-refractivity contribution in [2.75, 3.05) is 17.3 Å². The van der Waals surface area contributed by atoms with Crippen molar-refractivity contribution in [1.82, 2.24) is 9.78 Å². The van der Waals surface area contributed by atoms with E-state index < -0.39 is 36.3 Å². The highest BCUT2D eigenvalue weighted by atomic mass is 35.5. The molecule has 1 amide bonds. The Morgan fingerprint density at radius 2 is 1.71 bits per heavy atom. The summed E-state index contributed by atoms with van der Waals surface area (Å²) in [5.74, 6) is -1.23. The van der Waals surface area contributed by atoms with Crippen molar-refractivity contribution in [3.05, 3.63) is 70.9 Å². The number of hydrogen-bond acceptors (Lipinski definition) is 4. The van der Waals surface area contributed by atoms with Crippen LogP contribution >= 0.6 is 11.6 Å². The van der Waals surface area contributed by atoms with Crippen molar-refractivity contribution in [3.8, 4) is 5.75 Å². The minimum Gasteiger partial charge on any atom is -0.406 e. The van der Waals surface area contributed by atoms with Crippen LogP contribution in [0.2, 0.25) is 5.02 Å². The van der Waals surface area contributed by atoms with E-state index in [0.29, 0.717) is 10.6 Å². The Kier molecular flexibility index (Phi) is 6.34. The van der Waals surface area contributed by atoms with E-state index in [2.05, 4.69) is 15.2 Å². The number of alkyl halides is 6. The number of carbonyl (C=O) groups is 1. The molecular weight excluding hydrogens is 502 g/mol. The lowest BCUT2D eigenvalue weighted by molar-refractivity contribution is -0.274. The zero-order valence-electron chi connectivity index (χ0n) is 17.9. The number of amides is 1. The highest BCUT2D eigenvalue weighted by Gasteiger charge is 2.47. The standard InChI is InChI=1S/C22H17ClF6N4O2/c1-32(14-6-8-15(9-7-14)35-22(27,28)29)20(34)17-11-19-30-16(12-2-4-13(23)5-3-12)10-18(21(24,25)26)33(19)31-17/h2-9,11,16,18,30H,10H2,1H3. The molecule has 2 aromatic carbocycles. The van der Waals surface area contributed by atoms with Gasteiger partial charge in [-0.2, -0.15) is 18.3 Å². The van der Waals surface area contributed by atoms with Gasteiger partial charge in [0.2, 0.25) is 0 Å². The molecule has 1 aliphatic rings. The number of carbonyl (C=O) groups excluding carboxylic acids is 1. The van der Waals surface area contributed by atoms with E-state index in [0.717, 1.165) is 21.7 Å². The molecule has 13 heteroatoms. The number of benzene rings is 2. The Labute approximate surface area is 200 Å². The third kappa shape index (κ3) is 5.47. The maximum absolute atomic E-state index is 13.9. The minimum absolute atomic E-state index is 0.00389. The highest BCUT2D eigenvalue weighted by molar-refractivity contribution is 6.30. The van der Waals surface area contributed by atoms with Gasteiger partial charge in [0.15, 0.2) is 11.7 Å². The smallest absolute Gasteiger partial charge is 0.406 e. The number of nitrogens with one attached hydrogen (secondary N) is 1. The molecule has 0 bridgehead atoms. The molecule has 2 heterocycles. The predicted molar refractivity (Wildman–Crippen MR) is 116 cm³/mol. The zero-order chi connectivity index (χ0) is 25.5. The van der Waals surface area contributed by atoms with E-state index in [4.69, 9.17) is 11.6 Å². The van der Waals surface area contributed by atoms with Crippen LogP contribution in [0.3, 0.4) is 0 Å². The maximum atomic E-state index is 13.9. The molecule has 2 unspecified atom stereocenters.